The molecule has 30 heavy (non-hydrogen) atoms. The van der Waals surface area contributed by atoms with Gasteiger partial charge in [0, 0.05) is 29.9 Å². The van der Waals surface area contributed by atoms with Gasteiger partial charge in [0.05, 0.1) is 30.2 Å². The molecule has 3 N–H and O–H groups in total. The van der Waals surface area contributed by atoms with Crippen molar-refractivity contribution in [3.05, 3.63) is 53.9 Å². The lowest BCUT2D eigenvalue weighted by molar-refractivity contribution is 0.219. The van der Waals surface area contributed by atoms with E-state index in [0.29, 0.717) is 41.9 Å². The molecule has 0 amide bonds. The van der Waals surface area contributed by atoms with E-state index in [0.717, 1.165) is 16.8 Å². The number of nitrogens with one attached hydrogen (secondary N) is 2. The van der Waals surface area contributed by atoms with E-state index in [-0.39, 0.29) is 6.61 Å². The number of rotatable bonds is 6. The Balaban J connectivity index is 1.72. The zero-order valence-corrected chi connectivity index (χ0v) is 16.8. The van der Waals surface area contributed by atoms with Gasteiger partial charge in [-0.1, -0.05) is 6.92 Å². The second-order valence-corrected chi connectivity index (χ2v) is 7.31. The van der Waals surface area contributed by atoms with Crippen LogP contribution in [0.1, 0.15) is 25.0 Å². The smallest absolute Gasteiger partial charge is 0.237 e. The van der Waals surface area contributed by atoms with Crippen molar-refractivity contribution in [1.82, 2.24) is 15.0 Å². The molecule has 8 nitrogen and oxygen atoms in total. The number of pyridine rings is 1. The van der Waals surface area contributed by atoms with Gasteiger partial charge in [-0.3, -0.25) is 0 Å². The Bertz CT molecular complexity index is 1130. The number of aliphatic hydroxyl groups excluding tert-OH is 1. The van der Waals surface area contributed by atoms with Gasteiger partial charge in [-0.2, -0.15) is 5.26 Å². The van der Waals surface area contributed by atoms with Crippen molar-refractivity contribution in [3.63, 3.8) is 0 Å². The standard InChI is InChI=1S/C22H22N6O2/c1-3-30-20-18(5-4-7-24-20)28-21-25-8-6-17(27-21)14-9-15(11-23)19-16(10-14)22(2,13-29)12-26-19/h4-10,26,29H,3,12-13H2,1-2H3,(H,25,27,28). The number of hydrogen-bond acceptors (Lipinski definition) is 8. The number of anilines is 3. The van der Waals surface area contributed by atoms with E-state index in [9.17, 15) is 10.4 Å². The number of benzene rings is 1. The molecule has 1 aromatic carbocycles. The molecule has 1 aliphatic heterocycles. The maximum absolute atomic E-state index is 9.90. The highest BCUT2D eigenvalue weighted by atomic mass is 16.5. The van der Waals surface area contributed by atoms with Gasteiger partial charge in [-0.05, 0) is 42.8 Å². The molecule has 0 saturated heterocycles. The lowest BCUT2D eigenvalue weighted by Crippen LogP contribution is -2.28. The Hall–Kier alpha value is -3.70. The van der Waals surface area contributed by atoms with Crippen molar-refractivity contribution in [1.29, 1.82) is 5.26 Å². The summed E-state index contributed by atoms with van der Waals surface area (Å²) in [4.78, 5) is 13.1. The van der Waals surface area contributed by atoms with Crippen molar-refractivity contribution in [2.75, 3.05) is 30.4 Å². The van der Waals surface area contributed by atoms with Gasteiger partial charge >= 0.3 is 0 Å². The number of hydrogen-bond donors (Lipinski definition) is 3. The molecule has 3 heterocycles. The lowest BCUT2D eigenvalue weighted by Gasteiger charge is -2.21. The number of aliphatic hydroxyl groups is 1. The molecule has 0 aliphatic carbocycles. The van der Waals surface area contributed by atoms with Crippen LogP contribution in [0, 0.1) is 11.3 Å². The van der Waals surface area contributed by atoms with Gasteiger partial charge in [-0.15, -0.1) is 0 Å². The fourth-order valence-electron chi connectivity index (χ4n) is 3.50. The van der Waals surface area contributed by atoms with E-state index < -0.39 is 5.41 Å². The van der Waals surface area contributed by atoms with Crippen molar-refractivity contribution in [2.45, 2.75) is 19.3 Å². The average Bonchev–Trinajstić information content (AvgIpc) is 3.12. The van der Waals surface area contributed by atoms with Crippen LogP contribution in [0.3, 0.4) is 0 Å². The Morgan fingerprint density at radius 3 is 2.93 bits per heavy atom. The Labute approximate surface area is 174 Å². The molecule has 2 aromatic heterocycles. The first-order valence-electron chi connectivity index (χ1n) is 9.69. The normalized spacial score (nSPS) is 17.0. The topological polar surface area (TPSA) is 116 Å². The van der Waals surface area contributed by atoms with Crippen molar-refractivity contribution >= 4 is 17.3 Å². The largest absolute Gasteiger partial charge is 0.476 e. The summed E-state index contributed by atoms with van der Waals surface area (Å²) in [6, 6.07) is 11.5. The molecule has 152 valence electrons. The van der Waals surface area contributed by atoms with Crippen LogP contribution in [-0.4, -0.2) is 39.8 Å². The highest BCUT2D eigenvalue weighted by Gasteiger charge is 2.35. The van der Waals surface area contributed by atoms with Crippen LogP contribution in [0.15, 0.2) is 42.7 Å². The van der Waals surface area contributed by atoms with Crippen molar-refractivity contribution in [3.8, 4) is 23.2 Å². The summed E-state index contributed by atoms with van der Waals surface area (Å²) in [5.74, 6) is 0.867. The summed E-state index contributed by atoms with van der Waals surface area (Å²) in [6.07, 6.45) is 3.32. The first-order chi connectivity index (χ1) is 14.6. The molecule has 3 aromatic rings. The van der Waals surface area contributed by atoms with Crippen LogP contribution in [-0.2, 0) is 5.41 Å². The fraction of sp³-hybridized carbons (Fsp3) is 0.273. The van der Waals surface area contributed by atoms with Gasteiger partial charge in [0.25, 0.3) is 0 Å². The van der Waals surface area contributed by atoms with E-state index >= 15 is 0 Å². The van der Waals surface area contributed by atoms with E-state index in [2.05, 4.69) is 31.7 Å². The summed E-state index contributed by atoms with van der Waals surface area (Å²) >= 11 is 0. The fourth-order valence-corrected chi connectivity index (χ4v) is 3.50. The van der Waals surface area contributed by atoms with Crippen LogP contribution < -0.4 is 15.4 Å². The predicted octanol–water partition coefficient (Wildman–Crippen LogP) is 3.23. The molecule has 8 heteroatoms. The number of aromatic nitrogens is 3. The Morgan fingerprint density at radius 1 is 1.30 bits per heavy atom. The van der Waals surface area contributed by atoms with Crippen molar-refractivity contribution < 1.29 is 9.84 Å². The van der Waals surface area contributed by atoms with Gasteiger partial charge in [-0.25, -0.2) is 15.0 Å². The SMILES string of the molecule is CCOc1ncccc1Nc1nccc(-c2cc(C#N)c3c(c2)C(C)(CO)CN3)n1. The minimum Gasteiger partial charge on any atom is -0.476 e. The van der Waals surface area contributed by atoms with Gasteiger partial charge in [0.1, 0.15) is 11.8 Å². The quantitative estimate of drug-likeness (QED) is 0.575. The summed E-state index contributed by atoms with van der Waals surface area (Å²) < 4.78 is 5.54. The third-order valence-corrected chi connectivity index (χ3v) is 5.16. The molecule has 4 rings (SSSR count). The number of ether oxygens (including phenoxy) is 1. The Morgan fingerprint density at radius 2 is 2.17 bits per heavy atom. The number of fused-ring (bicyclic) bond motifs is 1. The minimum atomic E-state index is -0.451. The summed E-state index contributed by atoms with van der Waals surface area (Å²) in [5.41, 5.74) is 3.89. The number of nitrogens with zero attached hydrogens (tertiary/aromatic N) is 4. The van der Waals surface area contributed by atoms with Crippen LogP contribution >= 0.6 is 0 Å². The summed E-state index contributed by atoms with van der Waals surface area (Å²) in [5, 5.41) is 25.9. The maximum atomic E-state index is 9.90. The molecule has 0 spiro atoms. The maximum Gasteiger partial charge on any atom is 0.237 e. The van der Waals surface area contributed by atoms with E-state index in [4.69, 9.17) is 4.74 Å². The third-order valence-electron chi connectivity index (χ3n) is 5.16. The summed E-state index contributed by atoms with van der Waals surface area (Å²) in [6.45, 7) is 4.93. The second kappa shape index (κ2) is 7.97. The average molecular weight is 402 g/mol. The van der Waals surface area contributed by atoms with Crippen LogP contribution in [0.25, 0.3) is 11.3 Å². The second-order valence-electron chi connectivity index (χ2n) is 7.31. The van der Waals surface area contributed by atoms with Gasteiger partial charge in [0.2, 0.25) is 11.8 Å². The van der Waals surface area contributed by atoms with E-state index in [1.54, 1.807) is 30.6 Å². The van der Waals surface area contributed by atoms with Crippen LogP contribution in [0.4, 0.5) is 17.3 Å². The third kappa shape index (κ3) is 3.51. The molecule has 1 aliphatic rings. The van der Waals surface area contributed by atoms with E-state index in [1.807, 2.05) is 26.0 Å². The molecular formula is C22H22N6O2. The Kier molecular flexibility index (Phi) is 5.21. The number of nitriles is 1. The molecule has 0 fully saturated rings. The van der Waals surface area contributed by atoms with Gasteiger partial charge < -0.3 is 20.5 Å². The predicted molar refractivity (Wildman–Crippen MR) is 114 cm³/mol. The lowest BCUT2D eigenvalue weighted by atomic mass is 9.83. The molecule has 1 atom stereocenters. The van der Waals surface area contributed by atoms with Crippen molar-refractivity contribution in [2.24, 2.45) is 0 Å². The monoisotopic (exact) mass is 402 g/mol. The molecule has 1 unspecified atom stereocenters. The highest BCUT2D eigenvalue weighted by molar-refractivity contribution is 5.76. The summed E-state index contributed by atoms with van der Waals surface area (Å²) in [7, 11) is 0. The van der Waals surface area contributed by atoms with E-state index in [1.165, 1.54) is 0 Å². The minimum absolute atomic E-state index is 0.0148. The molecule has 0 radical (unpaired) electrons. The van der Waals surface area contributed by atoms with Gasteiger partial charge in [0.15, 0.2) is 0 Å². The molecule has 0 saturated carbocycles. The zero-order valence-electron chi connectivity index (χ0n) is 16.8. The van der Waals surface area contributed by atoms with Crippen LogP contribution in [0.2, 0.25) is 0 Å². The zero-order chi connectivity index (χ0) is 21.1. The molecule has 0 bridgehead atoms. The highest BCUT2D eigenvalue weighted by Crippen LogP contribution is 2.41. The first-order valence-corrected chi connectivity index (χ1v) is 9.69. The first kappa shape index (κ1) is 19.6. The molecular weight excluding hydrogens is 380 g/mol. The van der Waals surface area contributed by atoms with Crippen LogP contribution in [0.5, 0.6) is 5.88 Å².